The Morgan fingerprint density at radius 1 is 1.25 bits per heavy atom. The predicted octanol–water partition coefficient (Wildman–Crippen LogP) is 2.82. The molecule has 3 nitrogen and oxygen atoms in total. The molecule has 1 atom stereocenters. The Morgan fingerprint density at radius 3 is 2.12 bits per heavy atom. The Bertz CT molecular complexity index is 240. The number of aliphatic carboxylic acids is 1. The van der Waals surface area contributed by atoms with Crippen LogP contribution in [0.15, 0.2) is 0 Å². The Morgan fingerprint density at radius 2 is 1.75 bits per heavy atom. The Hall–Kier alpha value is -0.570. The van der Waals surface area contributed by atoms with Crippen LogP contribution in [0.4, 0.5) is 0 Å². The maximum atomic E-state index is 11.4. The molecule has 0 aromatic carbocycles. The minimum absolute atomic E-state index is 0.282. The zero-order chi connectivity index (χ0) is 12.4. The van der Waals surface area contributed by atoms with Crippen molar-refractivity contribution >= 4 is 5.97 Å². The highest BCUT2D eigenvalue weighted by atomic mass is 16.4. The van der Waals surface area contributed by atoms with Gasteiger partial charge in [-0.15, -0.1) is 0 Å². The number of carbonyl (C=O) groups is 1. The third-order valence-electron chi connectivity index (χ3n) is 4.06. The minimum Gasteiger partial charge on any atom is -0.481 e. The molecule has 94 valence electrons. The van der Waals surface area contributed by atoms with Crippen LogP contribution in [0.5, 0.6) is 0 Å². The summed E-state index contributed by atoms with van der Waals surface area (Å²) in [7, 11) is 0. The molecule has 0 radical (unpaired) electrons. The second kappa shape index (κ2) is 4.74. The van der Waals surface area contributed by atoms with E-state index in [0.717, 1.165) is 25.7 Å². The minimum atomic E-state index is -0.677. The van der Waals surface area contributed by atoms with Crippen molar-refractivity contribution in [3.63, 3.8) is 0 Å². The first kappa shape index (κ1) is 13.5. The average Bonchev–Trinajstić information content (AvgIpc) is 2.16. The van der Waals surface area contributed by atoms with Gasteiger partial charge in [0.15, 0.2) is 0 Å². The van der Waals surface area contributed by atoms with Crippen molar-refractivity contribution in [3.05, 3.63) is 0 Å². The van der Waals surface area contributed by atoms with Crippen molar-refractivity contribution in [3.8, 4) is 0 Å². The lowest BCUT2D eigenvalue weighted by molar-refractivity contribution is -0.153. The van der Waals surface area contributed by atoms with E-state index in [0.29, 0.717) is 12.8 Å². The monoisotopic (exact) mass is 228 g/mol. The normalized spacial score (nSPS) is 25.0. The van der Waals surface area contributed by atoms with Crippen LogP contribution < -0.4 is 0 Å². The number of aliphatic hydroxyl groups excluding tert-OH is 1. The maximum Gasteiger partial charge on any atom is 0.309 e. The summed E-state index contributed by atoms with van der Waals surface area (Å²) in [5, 5.41) is 18.7. The molecule has 1 saturated carbocycles. The number of rotatable bonds is 4. The molecule has 1 fully saturated rings. The highest BCUT2D eigenvalue weighted by Crippen LogP contribution is 2.47. The van der Waals surface area contributed by atoms with E-state index in [1.165, 1.54) is 0 Å². The third-order valence-corrected chi connectivity index (χ3v) is 4.06. The second-order valence-electron chi connectivity index (χ2n) is 6.14. The fourth-order valence-electron chi connectivity index (χ4n) is 2.46. The summed E-state index contributed by atoms with van der Waals surface area (Å²) in [5.41, 5.74) is -0.295. The lowest BCUT2D eigenvalue weighted by Gasteiger charge is -2.41. The van der Waals surface area contributed by atoms with Gasteiger partial charge in [0.05, 0.1) is 11.5 Å². The van der Waals surface area contributed by atoms with Gasteiger partial charge in [-0.05, 0) is 50.9 Å². The number of carboxylic acids is 1. The van der Waals surface area contributed by atoms with E-state index in [1.54, 1.807) is 6.92 Å². The molecular formula is C13H24O3. The summed E-state index contributed by atoms with van der Waals surface area (Å²) in [4.78, 5) is 11.4. The van der Waals surface area contributed by atoms with E-state index in [1.807, 2.05) is 0 Å². The van der Waals surface area contributed by atoms with Crippen molar-refractivity contribution in [2.45, 2.75) is 65.4 Å². The van der Waals surface area contributed by atoms with Gasteiger partial charge in [0.2, 0.25) is 0 Å². The summed E-state index contributed by atoms with van der Waals surface area (Å²) in [5.74, 6) is -0.677. The highest BCUT2D eigenvalue weighted by molar-refractivity contribution is 5.74. The molecule has 2 N–H and O–H groups in total. The Balaban J connectivity index is 2.65. The molecule has 0 aromatic rings. The van der Waals surface area contributed by atoms with Gasteiger partial charge in [0.25, 0.3) is 0 Å². The van der Waals surface area contributed by atoms with Gasteiger partial charge < -0.3 is 10.2 Å². The lowest BCUT2D eigenvalue weighted by Crippen LogP contribution is -2.38. The first-order valence-corrected chi connectivity index (χ1v) is 6.19. The second-order valence-corrected chi connectivity index (χ2v) is 6.14. The van der Waals surface area contributed by atoms with Gasteiger partial charge in [-0.1, -0.05) is 13.8 Å². The zero-order valence-electron chi connectivity index (χ0n) is 10.6. The molecule has 0 aromatic heterocycles. The summed E-state index contributed by atoms with van der Waals surface area (Å²) in [6.45, 7) is 6.13. The van der Waals surface area contributed by atoms with Crippen LogP contribution in [-0.2, 0) is 4.79 Å². The maximum absolute atomic E-state index is 11.4. The number of carboxylic acid groups (broad SMARTS) is 1. The van der Waals surface area contributed by atoms with Crippen LogP contribution >= 0.6 is 0 Å². The van der Waals surface area contributed by atoms with Gasteiger partial charge in [-0.3, -0.25) is 4.79 Å². The van der Waals surface area contributed by atoms with Gasteiger partial charge in [-0.2, -0.15) is 0 Å². The van der Waals surface area contributed by atoms with E-state index in [-0.39, 0.29) is 5.41 Å². The molecule has 0 saturated heterocycles. The molecule has 1 aliphatic rings. The van der Waals surface area contributed by atoms with Gasteiger partial charge in [-0.25, -0.2) is 0 Å². The van der Waals surface area contributed by atoms with Crippen LogP contribution in [0.25, 0.3) is 0 Å². The van der Waals surface area contributed by atoms with Crippen molar-refractivity contribution in [2.75, 3.05) is 0 Å². The molecule has 1 aliphatic carbocycles. The molecular weight excluding hydrogens is 204 g/mol. The topological polar surface area (TPSA) is 57.5 Å². The van der Waals surface area contributed by atoms with E-state index in [4.69, 9.17) is 0 Å². The third kappa shape index (κ3) is 3.21. The summed E-state index contributed by atoms with van der Waals surface area (Å²) in [6, 6.07) is 0. The quantitative estimate of drug-likeness (QED) is 0.778. The number of aliphatic hydroxyl groups is 1. The Labute approximate surface area is 97.9 Å². The predicted molar refractivity (Wildman–Crippen MR) is 63.2 cm³/mol. The number of hydrogen-bond donors (Lipinski definition) is 2. The van der Waals surface area contributed by atoms with Crippen molar-refractivity contribution in [1.82, 2.24) is 0 Å². The molecule has 0 amide bonds. The van der Waals surface area contributed by atoms with Crippen molar-refractivity contribution in [2.24, 2.45) is 10.8 Å². The molecule has 0 bridgehead atoms. The lowest BCUT2D eigenvalue weighted by atomic mass is 9.63. The molecule has 3 heteroatoms. The molecule has 0 spiro atoms. The Kier molecular flexibility index (Phi) is 4.00. The van der Waals surface area contributed by atoms with E-state index in [9.17, 15) is 15.0 Å². The SMILES string of the molecule is CC(O)CCC1(C(=O)O)CCC(C)(C)CC1. The number of hydrogen-bond acceptors (Lipinski definition) is 2. The first-order chi connectivity index (χ1) is 7.27. The van der Waals surface area contributed by atoms with Crippen LogP contribution in [0.2, 0.25) is 0 Å². The summed E-state index contributed by atoms with van der Waals surface area (Å²) in [6.07, 6.45) is 4.25. The van der Waals surface area contributed by atoms with Crippen LogP contribution in [0, 0.1) is 10.8 Å². The highest BCUT2D eigenvalue weighted by Gasteiger charge is 2.43. The fraction of sp³-hybridized carbons (Fsp3) is 0.923. The smallest absolute Gasteiger partial charge is 0.309 e. The molecule has 0 aliphatic heterocycles. The summed E-state index contributed by atoms with van der Waals surface area (Å²) >= 11 is 0. The van der Waals surface area contributed by atoms with Crippen LogP contribution in [-0.4, -0.2) is 22.3 Å². The van der Waals surface area contributed by atoms with Crippen molar-refractivity contribution in [1.29, 1.82) is 0 Å². The molecule has 1 unspecified atom stereocenters. The van der Waals surface area contributed by atoms with Gasteiger partial charge >= 0.3 is 5.97 Å². The van der Waals surface area contributed by atoms with E-state index >= 15 is 0 Å². The van der Waals surface area contributed by atoms with Gasteiger partial charge in [0, 0.05) is 0 Å². The van der Waals surface area contributed by atoms with Crippen molar-refractivity contribution < 1.29 is 15.0 Å². The zero-order valence-corrected chi connectivity index (χ0v) is 10.6. The standard InChI is InChI=1S/C13H24O3/c1-10(14)4-5-13(11(15)16)8-6-12(2,3)7-9-13/h10,14H,4-9H2,1-3H3,(H,15,16). The van der Waals surface area contributed by atoms with Crippen LogP contribution in [0.3, 0.4) is 0 Å². The largest absolute Gasteiger partial charge is 0.481 e. The first-order valence-electron chi connectivity index (χ1n) is 6.19. The van der Waals surface area contributed by atoms with E-state index in [2.05, 4.69) is 13.8 Å². The fourth-order valence-corrected chi connectivity index (χ4v) is 2.46. The van der Waals surface area contributed by atoms with Crippen LogP contribution in [0.1, 0.15) is 59.3 Å². The average molecular weight is 228 g/mol. The molecule has 1 rings (SSSR count). The van der Waals surface area contributed by atoms with E-state index < -0.39 is 17.5 Å². The summed E-state index contributed by atoms with van der Waals surface area (Å²) < 4.78 is 0. The van der Waals surface area contributed by atoms with Gasteiger partial charge in [0.1, 0.15) is 0 Å². The molecule has 0 heterocycles. The molecule has 16 heavy (non-hydrogen) atoms.